The Labute approximate surface area is 108 Å². The molecule has 1 amide bonds. The molecule has 0 unspecified atom stereocenters. The van der Waals surface area contributed by atoms with Gasteiger partial charge >= 0.3 is 0 Å². The van der Waals surface area contributed by atoms with Gasteiger partial charge in [-0.2, -0.15) is 0 Å². The summed E-state index contributed by atoms with van der Waals surface area (Å²) in [6.07, 6.45) is 0.443. The Morgan fingerprint density at radius 1 is 1.39 bits per heavy atom. The molecule has 0 aromatic heterocycles. The molecule has 2 N–H and O–H groups in total. The van der Waals surface area contributed by atoms with E-state index in [4.69, 9.17) is 5.11 Å². The molecule has 0 saturated heterocycles. The van der Waals surface area contributed by atoms with Gasteiger partial charge in [-0.05, 0) is 39.0 Å². The van der Waals surface area contributed by atoms with Crippen LogP contribution in [0.4, 0.5) is 0 Å². The first-order valence-corrected chi connectivity index (χ1v) is 5.95. The molecule has 0 aliphatic carbocycles. The summed E-state index contributed by atoms with van der Waals surface area (Å²) in [6.45, 7) is 5.87. The van der Waals surface area contributed by atoms with E-state index in [2.05, 4.69) is 17.2 Å². The minimum Gasteiger partial charge on any atom is -0.395 e. The van der Waals surface area contributed by atoms with Crippen LogP contribution in [-0.4, -0.2) is 23.2 Å². The van der Waals surface area contributed by atoms with Crippen molar-refractivity contribution in [1.82, 2.24) is 5.32 Å². The normalized spacial score (nSPS) is 10.4. The van der Waals surface area contributed by atoms with Crippen LogP contribution >= 0.6 is 0 Å². The number of nitrogens with one attached hydrogen (secondary N) is 1. The van der Waals surface area contributed by atoms with Gasteiger partial charge in [0.2, 0.25) is 0 Å². The molecule has 0 aliphatic heterocycles. The van der Waals surface area contributed by atoms with Crippen molar-refractivity contribution in [2.75, 3.05) is 6.61 Å². The highest BCUT2D eigenvalue weighted by Crippen LogP contribution is 2.07. The maximum absolute atomic E-state index is 11.9. The van der Waals surface area contributed by atoms with Crippen LogP contribution in [-0.2, 0) is 0 Å². The SMILES string of the molecule is CC(C)(C)NC(=O)c1cccc(C#CCCO)c1. The second-order valence-electron chi connectivity index (χ2n) is 5.06. The van der Waals surface area contributed by atoms with Gasteiger partial charge in [0.05, 0.1) is 6.61 Å². The Kier molecular flexibility index (Phi) is 4.94. The zero-order chi connectivity index (χ0) is 13.6. The lowest BCUT2D eigenvalue weighted by Gasteiger charge is -2.20. The summed E-state index contributed by atoms with van der Waals surface area (Å²) in [7, 11) is 0. The lowest BCUT2D eigenvalue weighted by molar-refractivity contribution is 0.0919. The molecule has 1 rings (SSSR count). The molecule has 0 bridgehead atoms. The van der Waals surface area contributed by atoms with Crippen LogP contribution in [0.1, 0.15) is 43.1 Å². The molecular formula is C15H19NO2. The zero-order valence-electron chi connectivity index (χ0n) is 11.1. The van der Waals surface area contributed by atoms with E-state index in [9.17, 15) is 4.79 Å². The summed E-state index contributed by atoms with van der Waals surface area (Å²) >= 11 is 0. The van der Waals surface area contributed by atoms with Crippen LogP contribution < -0.4 is 5.32 Å². The van der Waals surface area contributed by atoms with Gasteiger partial charge in [0, 0.05) is 23.1 Å². The number of rotatable bonds is 2. The summed E-state index contributed by atoms with van der Waals surface area (Å²) in [6, 6.07) is 7.17. The first-order valence-electron chi connectivity index (χ1n) is 5.95. The van der Waals surface area contributed by atoms with Gasteiger partial charge in [0.15, 0.2) is 0 Å². The fourth-order valence-electron chi connectivity index (χ4n) is 1.37. The van der Waals surface area contributed by atoms with Crippen LogP contribution in [0.3, 0.4) is 0 Å². The highest BCUT2D eigenvalue weighted by atomic mass is 16.2. The van der Waals surface area contributed by atoms with E-state index in [-0.39, 0.29) is 18.1 Å². The Hall–Kier alpha value is -1.79. The first kappa shape index (κ1) is 14.3. The molecule has 0 radical (unpaired) electrons. The second kappa shape index (κ2) is 6.23. The number of benzene rings is 1. The number of aliphatic hydroxyl groups excluding tert-OH is 1. The predicted octanol–water partition coefficient (Wildman–Crippen LogP) is 1.95. The molecule has 96 valence electrons. The number of carbonyl (C=O) groups excluding carboxylic acids is 1. The van der Waals surface area contributed by atoms with Crippen molar-refractivity contribution in [3.8, 4) is 11.8 Å². The van der Waals surface area contributed by atoms with E-state index in [1.165, 1.54) is 0 Å². The molecule has 3 nitrogen and oxygen atoms in total. The van der Waals surface area contributed by atoms with E-state index < -0.39 is 0 Å². The van der Waals surface area contributed by atoms with Gasteiger partial charge in [0.1, 0.15) is 0 Å². The molecular weight excluding hydrogens is 226 g/mol. The molecule has 18 heavy (non-hydrogen) atoms. The first-order chi connectivity index (χ1) is 8.42. The summed E-state index contributed by atoms with van der Waals surface area (Å²) < 4.78 is 0. The number of aliphatic hydroxyl groups is 1. The Morgan fingerprint density at radius 2 is 2.11 bits per heavy atom. The third-order valence-corrected chi connectivity index (χ3v) is 2.08. The van der Waals surface area contributed by atoms with Crippen LogP contribution in [0.15, 0.2) is 24.3 Å². The van der Waals surface area contributed by atoms with Crippen molar-refractivity contribution in [2.24, 2.45) is 0 Å². The summed E-state index contributed by atoms with van der Waals surface area (Å²) in [5, 5.41) is 11.6. The molecule has 0 spiro atoms. The smallest absolute Gasteiger partial charge is 0.251 e. The highest BCUT2D eigenvalue weighted by molar-refractivity contribution is 5.94. The van der Waals surface area contributed by atoms with Gasteiger partial charge < -0.3 is 10.4 Å². The van der Waals surface area contributed by atoms with Gasteiger partial charge in [-0.3, -0.25) is 4.79 Å². The van der Waals surface area contributed by atoms with Crippen molar-refractivity contribution < 1.29 is 9.90 Å². The van der Waals surface area contributed by atoms with Crippen molar-refractivity contribution in [2.45, 2.75) is 32.7 Å². The summed E-state index contributed by atoms with van der Waals surface area (Å²) in [5.74, 6) is 5.64. The minimum atomic E-state index is -0.254. The molecule has 0 saturated carbocycles. The third-order valence-electron chi connectivity index (χ3n) is 2.08. The molecule has 0 heterocycles. The Morgan fingerprint density at radius 3 is 2.72 bits per heavy atom. The third kappa shape index (κ3) is 5.03. The van der Waals surface area contributed by atoms with Crippen LogP contribution in [0.5, 0.6) is 0 Å². The standard InChI is InChI=1S/C15H19NO2/c1-15(2,3)16-14(18)13-9-6-8-12(11-13)7-4-5-10-17/h6,8-9,11,17H,5,10H2,1-3H3,(H,16,18). The predicted molar refractivity (Wildman–Crippen MR) is 72.2 cm³/mol. The van der Waals surface area contributed by atoms with Crippen LogP contribution in [0.25, 0.3) is 0 Å². The fraction of sp³-hybridized carbons (Fsp3) is 0.400. The molecule has 1 aromatic carbocycles. The number of hydrogen-bond donors (Lipinski definition) is 2. The largest absolute Gasteiger partial charge is 0.395 e. The van der Waals surface area contributed by atoms with Crippen molar-refractivity contribution >= 4 is 5.91 Å². The fourth-order valence-corrected chi connectivity index (χ4v) is 1.37. The maximum atomic E-state index is 11.9. The zero-order valence-corrected chi connectivity index (χ0v) is 11.1. The number of amides is 1. The van der Waals surface area contributed by atoms with Crippen LogP contribution in [0.2, 0.25) is 0 Å². The van der Waals surface area contributed by atoms with Crippen molar-refractivity contribution in [3.05, 3.63) is 35.4 Å². The van der Waals surface area contributed by atoms with E-state index in [0.717, 1.165) is 5.56 Å². The second-order valence-corrected chi connectivity index (χ2v) is 5.06. The molecule has 0 fully saturated rings. The highest BCUT2D eigenvalue weighted by Gasteiger charge is 2.14. The van der Waals surface area contributed by atoms with E-state index >= 15 is 0 Å². The molecule has 0 atom stereocenters. The van der Waals surface area contributed by atoms with E-state index in [1.807, 2.05) is 26.8 Å². The van der Waals surface area contributed by atoms with Crippen molar-refractivity contribution in [3.63, 3.8) is 0 Å². The number of hydrogen-bond acceptors (Lipinski definition) is 2. The quantitative estimate of drug-likeness (QED) is 0.782. The Bertz CT molecular complexity index is 475. The van der Waals surface area contributed by atoms with E-state index in [0.29, 0.717) is 12.0 Å². The minimum absolute atomic E-state index is 0.0528. The summed E-state index contributed by atoms with van der Waals surface area (Å²) in [5.41, 5.74) is 1.13. The van der Waals surface area contributed by atoms with Crippen LogP contribution in [0, 0.1) is 11.8 Å². The average Bonchev–Trinajstić information content (AvgIpc) is 2.27. The average molecular weight is 245 g/mol. The summed E-state index contributed by atoms with van der Waals surface area (Å²) in [4.78, 5) is 11.9. The topological polar surface area (TPSA) is 49.3 Å². The van der Waals surface area contributed by atoms with Gasteiger partial charge in [0.25, 0.3) is 5.91 Å². The van der Waals surface area contributed by atoms with Gasteiger partial charge in [-0.1, -0.05) is 17.9 Å². The molecule has 0 aliphatic rings. The van der Waals surface area contributed by atoms with Crippen molar-refractivity contribution in [1.29, 1.82) is 0 Å². The monoisotopic (exact) mass is 245 g/mol. The molecule has 1 aromatic rings. The molecule has 3 heteroatoms. The van der Waals surface area contributed by atoms with Gasteiger partial charge in [-0.15, -0.1) is 0 Å². The lowest BCUT2D eigenvalue weighted by atomic mass is 10.1. The lowest BCUT2D eigenvalue weighted by Crippen LogP contribution is -2.40. The van der Waals surface area contributed by atoms with Gasteiger partial charge in [-0.25, -0.2) is 0 Å². The Balaban J connectivity index is 2.83. The van der Waals surface area contributed by atoms with E-state index in [1.54, 1.807) is 18.2 Å². The maximum Gasteiger partial charge on any atom is 0.251 e. The number of carbonyl (C=O) groups is 1.